The minimum absolute atomic E-state index is 0.206. The van der Waals surface area contributed by atoms with E-state index >= 15 is 0 Å². The van der Waals surface area contributed by atoms with Crippen LogP contribution in [0.1, 0.15) is 19.8 Å². The molecule has 1 saturated carbocycles. The number of nitrogens with one attached hydrogen (secondary N) is 3. The van der Waals surface area contributed by atoms with Crippen LogP contribution in [0.4, 0.5) is 10.5 Å². The van der Waals surface area contributed by atoms with Crippen molar-refractivity contribution in [1.29, 1.82) is 0 Å². The number of imide groups is 1. The zero-order chi connectivity index (χ0) is 16.1. The second-order valence-electron chi connectivity index (χ2n) is 5.17. The molecule has 1 atom stereocenters. The van der Waals surface area contributed by atoms with Crippen molar-refractivity contribution in [3.8, 4) is 11.5 Å². The highest BCUT2D eigenvalue weighted by atomic mass is 16.5. The van der Waals surface area contributed by atoms with Gasteiger partial charge in [-0.05, 0) is 31.9 Å². The quantitative estimate of drug-likeness (QED) is 0.741. The number of carbonyl (C=O) groups is 2. The lowest BCUT2D eigenvalue weighted by molar-refractivity contribution is -0.120. The van der Waals surface area contributed by atoms with Crippen LogP contribution in [0.2, 0.25) is 0 Å². The van der Waals surface area contributed by atoms with Gasteiger partial charge in [0.05, 0.1) is 19.9 Å². The first-order valence-electron chi connectivity index (χ1n) is 7.13. The van der Waals surface area contributed by atoms with Gasteiger partial charge in [-0.15, -0.1) is 0 Å². The topological polar surface area (TPSA) is 88.7 Å². The monoisotopic (exact) mass is 307 g/mol. The van der Waals surface area contributed by atoms with Gasteiger partial charge in [-0.25, -0.2) is 4.79 Å². The summed E-state index contributed by atoms with van der Waals surface area (Å²) in [6.45, 7) is 1.67. The Morgan fingerprint density at radius 2 is 1.95 bits per heavy atom. The van der Waals surface area contributed by atoms with E-state index in [4.69, 9.17) is 9.47 Å². The Kier molecular flexibility index (Phi) is 5.08. The van der Waals surface area contributed by atoms with Crippen LogP contribution in [0.15, 0.2) is 18.2 Å². The van der Waals surface area contributed by atoms with E-state index in [1.54, 1.807) is 32.2 Å². The zero-order valence-electron chi connectivity index (χ0n) is 12.9. The van der Waals surface area contributed by atoms with Crippen molar-refractivity contribution in [2.24, 2.45) is 0 Å². The van der Waals surface area contributed by atoms with Crippen molar-refractivity contribution in [3.05, 3.63) is 18.2 Å². The Morgan fingerprint density at radius 1 is 1.23 bits per heavy atom. The Bertz CT molecular complexity index is 558. The molecule has 1 aromatic carbocycles. The van der Waals surface area contributed by atoms with Crippen molar-refractivity contribution in [2.45, 2.75) is 31.8 Å². The molecule has 0 aliphatic heterocycles. The summed E-state index contributed by atoms with van der Waals surface area (Å²) in [5.74, 6) is 0.806. The first-order valence-corrected chi connectivity index (χ1v) is 7.13. The summed E-state index contributed by atoms with van der Waals surface area (Å²) in [6, 6.07) is 4.39. The van der Waals surface area contributed by atoms with Crippen molar-refractivity contribution in [2.75, 3.05) is 19.5 Å². The lowest BCUT2D eigenvalue weighted by Gasteiger charge is -2.17. The minimum atomic E-state index is -0.591. The summed E-state index contributed by atoms with van der Waals surface area (Å²) in [7, 11) is 3.10. The minimum Gasteiger partial charge on any atom is -0.497 e. The second kappa shape index (κ2) is 7.02. The lowest BCUT2D eigenvalue weighted by Crippen LogP contribution is -2.46. The van der Waals surface area contributed by atoms with Gasteiger partial charge in [0.1, 0.15) is 17.5 Å². The fraction of sp³-hybridized carbons (Fsp3) is 0.467. The van der Waals surface area contributed by atoms with Gasteiger partial charge in [-0.3, -0.25) is 10.1 Å². The fourth-order valence-corrected chi connectivity index (χ4v) is 1.89. The standard InChI is InChI=1S/C15H21N3O4/c1-9(14(19)18-15(20)17-10-4-5-10)16-12-7-6-11(21-2)8-13(12)22-3/h6-10,16H,4-5H2,1-3H3,(H2,17,18,19,20)/t9-/m1/s1. The van der Waals surface area contributed by atoms with Crippen LogP contribution in [0.5, 0.6) is 11.5 Å². The van der Waals surface area contributed by atoms with E-state index in [2.05, 4.69) is 16.0 Å². The number of methoxy groups -OCH3 is 2. The molecule has 0 heterocycles. The average Bonchev–Trinajstić information content (AvgIpc) is 3.31. The SMILES string of the molecule is COc1ccc(N[C@H](C)C(=O)NC(=O)NC2CC2)c(OC)c1. The predicted molar refractivity (Wildman–Crippen MR) is 82.3 cm³/mol. The second-order valence-corrected chi connectivity index (χ2v) is 5.17. The van der Waals surface area contributed by atoms with Gasteiger partial charge in [0, 0.05) is 12.1 Å². The van der Waals surface area contributed by atoms with Crippen LogP contribution in [0.3, 0.4) is 0 Å². The number of amides is 3. The largest absolute Gasteiger partial charge is 0.497 e. The Balaban J connectivity index is 1.93. The molecule has 3 amide bonds. The van der Waals surface area contributed by atoms with Gasteiger partial charge in [-0.2, -0.15) is 0 Å². The molecule has 0 radical (unpaired) electrons. The Morgan fingerprint density at radius 3 is 2.55 bits per heavy atom. The fourth-order valence-electron chi connectivity index (χ4n) is 1.89. The Hall–Kier alpha value is -2.44. The molecular weight excluding hydrogens is 286 g/mol. The third kappa shape index (κ3) is 4.28. The number of hydrogen-bond acceptors (Lipinski definition) is 5. The summed E-state index contributed by atoms with van der Waals surface area (Å²) < 4.78 is 10.4. The maximum atomic E-state index is 12.0. The first-order chi connectivity index (χ1) is 10.5. The molecule has 7 heteroatoms. The number of urea groups is 1. The summed E-state index contributed by atoms with van der Waals surface area (Å²) in [6.07, 6.45) is 1.94. The molecule has 22 heavy (non-hydrogen) atoms. The maximum Gasteiger partial charge on any atom is 0.321 e. The molecule has 0 spiro atoms. The third-order valence-electron chi connectivity index (χ3n) is 3.32. The number of carbonyl (C=O) groups excluding carboxylic acids is 2. The molecular formula is C15H21N3O4. The number of rotatable bonds is 6. The van der Waals surface area contributed by atoms with Crippen molar-refractivity contribution >= 4 is 17.6 Å². The lowest BCUT2D eigenvalue weighted by atomic mass is 10.2. The zero-order valence-corrected chi connectivity index (χ0v) is 12.9. The molecule has 1 aliphatic rings. The molecule has 120 valence electrons. The molecule has 0 bridgehead atoms. The molecule has 1 fully saturated rings. The molecule has 3 N–H and O–H groups in total. The smallest absolute Gasteiger partial charge is 0.321 e. The average molecular weight is 307 g/mol. The van der Waals surface area contributed by atoms with Crippen LogP contribution >= 0.6 is 0 Å². The van der Waals surface area contributed by atoms with E-state index < -0.39 is 18.0 Å². The van der Waals surface area contributed by atoms with E-state index in [1.807, 2.05) is 0 Å². The summed E-state index contributed by atoms with van der Waals surface area (Å²) in [5.41, 5.74) is 0.647. The van der Waals surface area contributed by atoms with E-state index in [1.165, 1.54) is 7.11 Å². The molecule has 0 unspecified atom stereocenters. The van der Waals surface area contributed by atoms with E-state index in [9.17, 15) is 9.59 Å². The third-order valence-corrected chi connectivity index (χ3v) is 3.32. The summed E-state index contributed by atoms with van der Waals surface area (Å²) in [5, 5.41) is 8.03. The van der Waals surface area contributed by atoms with E-state index in [-0.39, 0.29) is 6.04 Å². The van der Waals surface area contributed by atoms with E-state index in [0.29, 0.717) is 17.2 Å². The van der Waals surface area contributed by atoms with Crippen LogP contribution in [0.25, 0.3) is 0 Å². The van der Waals surface area contributed by atoms with Gasteiger partial charge in [0.15, 0.2) is 0 Å². The van der Waals surface area contributed by atoms with Gasteiger partial charge in [-0.1, -0.05) is 0 Å². The summed E-state index contributed by atoms with van der Waals surface area (Å²) in [4.78, 5) is 23.5. The molecule has 7 nitrogen and oxygen atoms in total. The highest BCUT2D eigenvalue weighted by Gasteiger charge is 2.25. The number of ether oxygens (including phenoxy) is 2. The highest BCUT2D eigenvalue weighted by molar-refractivity contribution is 5.98. The molecule has 0 saturated heterocycles. The van der Waals surface area contributed by atoms with Crippen LogP contribution < -0.4 is 25.4 Å². The number of anilines is 1. The van der Waals surface area contributed by atoms with Gasteiger partial charge >= 0.3 is 6.03 Å². The van der Waals surface area contributed by atoms with Gasteiger partial charge in [0.2, 0.25) is 5.91 Å². The highest BCUT2D eigenvalue weighted by Crippen LogP contribution is 2.29. The van der Waals surface area contributed by atoms with Crippen molar-refractivity contribution < 1.29 is 19.1 Å². The van der Waals surface area contributed by atoms with Crippen LogP contribution in [-0.2, 0) is 4.79 Å². The van der Waals surface area contributed by atoms with E-state index in [0.717, 1.165) is 12.8 Å². The maximum absolute atomic E-state index is 12.0. The number of benzene rings is 1. The molecule has 1 aromatic rings. The van der Waals surface area contributed by atoms with Gasteiger partial charge < -0.3 is 20.1 Å². The molecule has 1 aliphatic carbocycles. The van der Waals surface area contributed by atoms with Crippen molar-refractivity contribution in [3.63, 3.8) is 0 Å². The molecule has 0 aromatic heterocycles. The Labute approximate surface area is 129 Å². The summed E-state index contributed by atoms with van der Waals surface area (Å²) >= 11 is 0. The van der Waals surface area contributed by atoms with Crippen LogP contribution in [0, 0.1) is 0 Å². The number of hydrogen-bond donors (Lipinski definition) is 3. The van der Waals surface area contributed by atoms with Crippen LogP contribution in [-0.4, -0.2) is 38.2 Å². The predicted octanol–water partition coefficient (Wildman–Crippen LogP) is 1.49. The normalized spacial score (nSPS) is 14.7. The molecule has 2 rings (SSSR count). The van der Waals surface area contributed by atoms with Crippen molar-refractivity contribution in [1.82, 2.24) is 10.6 Å². The first kappa shape index (κ1) is 15.9. The van der Waals surface area contributed by atoms with Gasteiger partial charge in [0.25, 0.3) is 0 Å².